The number of hydrogen-bond acceptors (Lipinski definition) is 3. The van der Waals surface area contributed by atoms with Crippen LogP contribution in [-0.2, 0) is 22.6 Å². The maximum Gasteiger partial charge on any atom is 0.261 e. The molecular weight excluding hydrogens is 503 g/mol. The van der Waals surface area contributed by atoms with Gasteiger partial charge in [-0.25, -0.2) is 0 Å². The second kappa shape index (κ2) is 12.3. The first-order valence-corrected chi connectivity index (χ1v) is 11.8. The summed E-state index contributed by atoms with van der Waals surface area (Å²) in [5, 5.41) is 3.67. The van der Waals surface area contributed by atoms with Crippen LogP contribution in [-0.4, -0.2) is 35.9 Å². The number of nitrogens with zero attached hydrogens (tertiary/aromatic N) is 1. The van der Waals surface area contributed by atoms with Crippen LogP contribution in [0.4, 0.5) is 0 Å². The van der Waals surface area contributed by atoms with Gasteiger partial charge in [0.1, 0.15) is 11.8 Å². The van der Waals surface area contributed by atoms with E-state index in [0.29, 0.717) is 34.3 Å². The third-order valence-electron chi connectivity index (χ3n) is 4.88. The second-order valence-corrected chi connectivity index (χ2v) is 8.62. The van der Waals surface area contributed by atoms with Crippen molar-refractivity contribution in [2.45, 2.75) is 46.2 Å². The Hall–Kier alpha value is -1.76. The summed E-state index contributed by atoms with van der Waals surface area (Å²) in [6.07, 6.45) is 1.34. The van der Waals surface area contributed by atoms with Crippen LogP contribution < -0.4 is 10.1 Å². The molecule has 0 fully saturated rings. The minimum absolute atomic E-state index is 0.103. The van der Waals surface area contributed by atoms with E-state index in [1.54, 1.807) is 18.2 Å². The lowest BCUT2D eigenvalue weighted by Gasteiger charge is -2.31. The van der Waals surface area contributed by atoms with Gasteiger partial charge in [0.25, 0.3) is 5.91 Å². The molecule has 31 heavy (non-hydrogen) atoms. The zero-order chi connectivity index (χ0) is 23.0. The molecule has 8 heteroatoms. The zero-order valence-electron chi connectivity index (χ0n) is 17.9. The van der Waals surface area contributed by atoms with Crippen LogP contribution >= 0.6 is 39.1 Å². The summed E-state index contributed by atoms with van der Waals surface area (Å²) in [7, 11) is 0. The molecule has 0 spiro atoms. The molecule has 2 aromatic rings. The summed E-state index contributed by atoms with van der Waals surface area (Å²) >= 11 is 16.1. The van der Waals surface area contributed by atoms with Gasteiger partial charge in [0.15, 0.2) is 6.61 Å². The van der Waals surface area contributed by atoms with Gasteiger partial charge in [0.2, 0.25) is 5.91 Å². The largest absolute Gasteiger partial charge is 0.483 e. The lowest BCUT2D eigenvalue weighted by atomic mass is 10.1. The maximum atomic E-state index is 13.2. The first-order chi connectivity index (χ1) is 14.8. The van der Waals surface area contributed by atoms with Gasteiger partial charge >= 0.3 is 0 Å². The molecule has 1 atom stereocenters. The Balaban J connectivity index is 2.28. The van der Waals surface area contributed by atoms with Crippen molar-refractivity contribution in [2.75, 3.05) is 13.2 Å². The van der Waals surface area contributed by atoms with Crippen LogP contribution in [0.5, 0.6) is 5.75 Å². The zero-order valence-corrected chi connectivity index (χ0v) is 21.0. The van der Waals surface area contributed by atoms with Crippen molar-refractivity contribution in [1.29, 1.82) is 0 Å². The smallest absolute Gasteiger partial charge is 0.261 e. The van der Waals surface area contributed by atoms with Crippen LogP contribution in [0.2, 0.25) is 10.0 Å². The van der Waals surface area contributed by atoms with Gasteiger partial charge in [-0.3, -0.25) is 9.59 Å². The first-order valence-electron chi connectivity index (χ1n) is 10.2. The average molecular weight is 530 g/mol. The van der Waals surface area contributed by atoms with Crippen molar-refractivity contribution < 1.29 is 14.3 Å². The average Bonchev–Trinajstić information content (AvgIpc) is 2.74. The van der Waals surface area contributed by atoms with Gasteiger partial charge in [-0.1, -0.05) is 49.2 Å². The van der Waals surface area contributed by atoms with E-state index in [1.165, 1.54) is 4.90 Å². The number of benzene rings is 2. The first kappa shape index (κ1) is 25.5. The quantitative estimate of drug-likeness (QED) is 0.433. The molecule has 5 nitrogen and oxygen atoms in total. The number of likely N-dealkylation sites (N-methyl/N-ethyl adjacent to an activating group) is 1. The summed E-state index contributed by atoms with van der Waals surface area (Å²) in [6.45, 7) is 6.11. The summed E-state index contributed by atoms with van der Waals surface area (Å²) in [6, 6.07) is 10.2. The van der Waals surface area contributed by atoms with E-state index in [4.69, 9.17) is 27.9 Å². The summed E-state index contributed by atoms with van der Waals surface area (Å²) in [5.74, 6) is 0.00268. The molecule has 1 N–H and O–H groups in total. The second-order valence-electron chi connectivity index (χ2n) is 6.95. The SMILES string of the molecule is CCNC(=O)[C@H](CC)N(Cc1c(Cl)cccc1Cl)C(=O)COc1ccc(CC)cc1Br. The summed E-state index contributed by atoms with van der Waals surface area (Å²) < 4.78 is 6.55. The molecule has 0 bridgehead atoms. The van der Waals surface area contributed by atoms with Crippen LogP contribution in [0.3, 0.4) is 0 Å². The number of amides is 2. The fourth-order valence-corrected chi connectivity index (χ4v) is 4.23. The van der Waals surface area contributed by atoms with Gasteiger partial charge in [0.05, 0.1) is 4.47 Å². The molecule has 0 aliphatic rings. The van der Waals surface area contributed by atoms with Crippen molar-refractivity contribution >= 4 is 50.9 Å². The topological polar surface area (TPSA) is 58.6 Å². The lowest BCUT2D eigenvalue weighted by molar-refractivity contribution is -0.142. The highest BCUT2D eigenvalue weighted by molar-refractivity contribution is 9.10. The molecule has 2 aromatic carbocycles. The minimum Gasteiger partial charge on any atom is -0.483 e. The van der Waals surface area contributed by atoms with Gasteiger partial charge < -0.3 is 15.0 Å². The van der Waals surface area contributed by atoms with Crippen LogP contribution in [0.25, 0.3) is 0 Å². The third kappa shape index (κ3) is 6.86. The van der Waals surface area contributed by atoms with E-state index in [1.807, 2.05) is 32.0 Å². The highest BCUT2D eigenvalue weighted by Gasteiger charge is 2.29. The molecule has 0 saturated heterocycles. The molecule has 2 rings (SSSR count). The number of halogens is 3. The third-order valence-corrected chi connectivity index (χ3v) is 6.21. The molecule has 2 amide bonds. The van der Waals surface area contributed by atoms with Gasteiger partial charge in [0, 0.05) is 28.7 Å². The summed E-state index contributed by atoms with van der Waals surface area (Å²) in [4.78, 5) is 27.3. The van der Waals surface area contributed by atoms with Crippen molar-refractivity contribution in [3.05, 3.63) is 62.0 Å². The van der Waals surface area contributed by atoms with E-state index >= 15 is 0 Å². The highest BCUT2D eigenvalue weighted by atomic mass is 79.9. The standard InChI is InChI=1S/C23H27BrCl2N2O3/c1-4-15-10-11-21(17(24)12-15)31-14-22(29)28(20(5-2)23(30)27-6-3)13-16-18(25)8-7-9-19(16)26/h7-12,20H,4-6,13-14H2,1-3H3,(H,27,30)/t20-/m0/s1. The van der Waals surface area contributed by atoms with E-state index in [-0.39, 0.29) is 25.0 Å². The Labute approximate surface area is 202 Å². The van der Waals surface area contributed by atoms with E-state index in [0.717, 1.165) is 16.5 Å². The molecular formula is C23H27BrCl2N2O3. The van der Waals surface area contributed by atoms with Crippen LogP contribution in [0.15, 0.2) is 40.9 Å². The monoisotopic (exact) mass is 528 g/mol. The van der Waals surface area contributed by atoms with Crippen molar-refractivity contribution in [3.63, 3.8) is 0 Å². The Morgan fingerprint density at radius 3 is 2.35 bits per heavy atom. The van der Waals surface area contributed by atoms with Gasteiger partial charge in [-0.2, -0.15) is 0 Å². The van der Waals surface area contributed by atoms with Gasteiger partial charge in [-0.05, 0) is 65.5 Å². The van der Waals surface area contributed by atoms with Gasteiger partial charge in [-0.15, -0.1) is 0 Å². The Morgan fingerprint density at radius 2 is 1.81 bits per heavy atom. The number of carbonyl (C=O) groups excluding carboxylic acids is 2. The molecule has 0 radical (unpaired) electrons. The number of rotatable bonds is 10. The fraction of sp³-hybridized carbons (Fsp3) is 0.391. The number of hydrogen-bond donors (Lipinski definition) is 1. The van der Waals surface area contributed by atoms with Crippen molar-refractivity contribution in [2.24, 2.45) is 0 Å². The molecule has 0 aliphatic heterocycles. The number of ether oxygens (including phenoxy) is 1. The number of aryl methyl sites for hydroxylation is 1. The summed E-state index contributed by atoms with van der Waals surface area (Å²) in [5.41, 5.74) is 1.75. The Morgan fingerprint density at radius 1 is 1.13 bits per heavy atom. The maximum absolute atomic E-state index is 13.2. The predicted molar refractivity (Wildman–Crippen MR) is 129 cm³/mol. The molecule has 0 aromatic heterocycles. The van der Waals surface area contributed by atoms with E-state index in [9.17, 15) is 9.59 Å². The normalized spacial score (nSPS) is 11.7. The molecule has 0 unspecified atom stereocenters. The number of carbonyl (C=O) groups is 2. The van der Waals surface area contributed by atoms with Crippen LogP contribution in [0, 0.1) is 0 Å². The highest BCUT2D eigenvalue weighted by Crippen LogP contribution is 2.28. The Kier molecular flexibility index (Phi) is 10.1. The number of nitrogens with one attached hydrogen (secondary N) is 1. The molecule has 0 saturated carbocycles. The van der Waals surface area contributed by atoms with E-state index in [2.05, 4.69) is 28.2 Å². The minimum atomic E-state index is -0.672. The molecule has 168 valence electrons. The van der Waals surface area contributed by atoms with Crippen molar-refractivity contribution in [1.82, 2.24) is 10.2 Å². The van der Waals surface area contributed by atoms with Crippen LogP contribution in [0.1, 0.15) is 38.3 Å². The molecule has 0 heterocycles. The van der Waals surface area contributed by atoms with Crippen molar-refractivity contribution in [3.8, 4) is 5.75 Å². The fourth-order valence-electron chi connectivity index (χ4n) is 3.17. The van der Waals surface area contributed by atoms with E-state index < -0.39 is 6.04 Å². The predicted octanol–water partition coefficient (Wildman–Crippen LogP) is 5.64. The Bertz CT molecular complexity index is 903. The lowest BCUT2D eigenvalue weighted by Crippen LogP contribution is -2.50. The molecule has 0 aliphatic carbocycles.